The molecule has 4 aromatic rings. The van der Waals surface area contributed by atoms with Crippen molar-refractivity contribution >= 4 is 5.69 Å². The zero-order valence-electron chi connectivity index (χ0n) is 20.3. The van der Waals surface area contributed by atoms with Gasteiger partial charge in [-0.25, -0.2) is 0 Å². The molecule has 35 heavy (non-hydrogen) atoms. The number of ether oxygens (including phenoxy) is 1. The monoisotopic (exact) mass is 469 g/mol. The van der Waals surface area contributed by atoms with Crippen LogP contribution < -0.4 is 0 Å². The first-order valence-electron chi connectivity index (χ1n) is 12.1. The van der Waals surface area contributed by atoms with Crippen LogP contribution in [-0.4, -0.2) is 14.7 Å². The van der Waals surface area contributed by atoms with E-state index in [1.807, 2.05) is 36.4 Å². The van der Waals surface area contributed by atoms with Crippen LogP contribution in [0.1, 0.15) is 48.3 Å². The molecule has 0 radical (unpaired) electrons. The zero-order valence-corrected chi connectivity index (χ0v) is 20.3. The molecular formula is C29H31N3O3. The summed E-state index contributed by atoms with van der Waals surface area (Å²) >= 11 is 0. The van der Waals surface area contributed by atoms with E-state index >= 15 is 0 Å². The van der Waals surface area contributed by atoms with E-state index in [4.69, 9.17) is 9.84 Å². The van der Waals surface area contributed by atoms with E-state index in [9.17, 15) is 10.1 Å². The molecule has 0 saturated heterocycles. The fraction of sp³-hybridized carbons (Fsp3) is 0.276. The lowest BCUT2D eigenvalue weighted by molar-refractivity contribution is -0.384. The quantitative estimate of drug-likeness (QED) is 0.180. The highest BCUT2D eigenvalue weighted by Crippen LogP contribution is 2.30. The molecular weight excluding hydrogens is 438 g/mol. The van der Waals surface area contributed by atoms with Gasteiger partial charge in [-0.3, -0.25) is 14.8 Å². The third-order valence-corrected chi connectivity index (χ3v) is 6.13. The van der Waals surface area contributed by atoms with E-state index in [1.165, 1.54) is 11.3 Å². The fourth-order valence-electron chi connectivity index (χ4n) is 4.41. The van der Waals surface area contributed by atoms with Crippen LogP contribution in [-0.2, 0) is 37.3 Å². The average molecular weight is 470 g/mol. The van der Waals surface area contributed by atoms with Crippen LogP contribution in [0.5, 0.6) is 0 Å². The van der Waals surface area contributed by atoms with Gasteiger partial charge in [0.25, 0.3) is 5.69 Å². The molecule has 0 fully saturated rings. The average Bonchev–Trinajstić information content (AvgIpc) is 3.21. The van der Waals surface area contributed by atoms with Crippen LogP contribution in [0, 0.1) is 10.1 Å². The number of rotatable bonds is 11. The van der Waals surface area contributed by atoms with Crippen molar-refractivity contribution in [2.45, 2.75) is 52.9 Å². The number of nitrogens with zero attached hydrogens (tertiary/aromatic N) is 3. The van der Waals surface area contributed by atoms with Gasteiger partial charge >= 0.3 is 0 Å². The maximum Gasteiger partial charge on any atom is 0.277 e. The maximum absolute atomic E-state index is 11.4. The SMILES string of the molecule is CCCc1c(Cc2ccc(-c3ccccc3[N+](=O)[O-])cc2)c(COCc2ccccc2)nn1CC. The molecule has 0 atom stereocenters. The van der Waals surface area contributed by atoms with Crippen molar-refractivity contribution in [1.29, 1.82) is 0 Å². The van der Waals surface area contributed by atoms with E-state index < -0.39 is 0 Å². The molecule has 0 N–H and O–H groups in total. The van der Waals surface area contributed by atoms with Gasteiger partial charge < -0.3 is 4.74 Å². The minimum atomic E-state index is -0.332. The molecule has 4 rings (SSSR count). The molecule has 0 aliphatic rings. The first-order chi connectivity index (χ1) is 17.1. The second-order valence-corrected chi connectivity index (χ2v) is 8.56. The summed E-state index contributed by atoms with van der Waals surface area (Å²) in [6.07, 6.45) is 2.75. The largest absolute Gasteiger partial charge is 0.370 e. The number of aromatic nitrogens is 2. The van der Waals surface area contributed by atoms with Gasteiger partial charge in [0.2, 0.25) is 0 Å². The summed E-state index contributed by atoms with van der Waals surface area (Å²) in [5, 5.41) is 16.3. The molecule has 3 aromatic carbocycles. The Hall–Kier alpha value is -3.77. The van der Waals surface area contributed by atoms with Crippen LogP contribution in [0.15, 0.2) is 78.9 Å². The normalized spacial score (nSPS) is 11.0. The molecule has 0 unspecified atom stereocenters. The third kappa shape index (κ3) is 5.84. The van der Waals surface area contributed by atoms with E-state index in [-0.39, 0.29) is 10.6 Å². The Morgan fingerprint density at radius 3 is 2.29 bits per heavy atom. The van der Waals surface area contributed by atoms with Crippen LogP contribution in [0.4, 0.5) is 5.69 Å². The Kier molecular flexibility index (Phi) is 8.06. The van der Waals surface area contributed by atoms with Crippen molar-refractivity contribution in [2.24, 2.45) is 0 Å². The second-order valence-electron chi connectivity index (χ2n) is 8.56. The lowest BCUT2D eigenvalue weighted by atomic mass is 9.97. The van der Waals surface area contributed by atoms with Gasteiger partial charge in [0.15, 0.2) is 0 Å². The van der Waals surface area contributed by atoms with Crippen LogP contribution in [0.25, 0.3) is 11.1 Å². The summed E-state index contributed by atoms with van der Waals surface area (Å²) in [7, 11) is 0. The van der Waals surface area contributed by atoms with Gasteiger partial charge in [0, 0.05) is 30.3 Å². The van der Waals surface area contributed by atoms with E-state index in [0.29, 0.717) is 18.8 Å². The molecule has 0 bridgehead atoms. The Morgan fingerprint density at radius 2 is 1.60 bits per heavy atom. The molecule has 0 saturated carbocycles. The Labute approximate surface area is 206 Å². The summed E-state index contributed by atoms with van der Waals surface area (Å²) in [5.74, 6) is 0. The van der Waals surface area contributed by atoms with Crippen LogP contribution in [0.3, 0.4) is 0 Å². The highest BCUT2D eigenvalue weighted by Gasteiger charge is 2.18. The van der Waals surface area contributed by atoms with Crippen LogP contribution >= 0.6 is 0 Å². The molecule has 0 spiro atoms. The predicted octanol–water partition coefficient (Wildman–Crippen LogP) is 6.74. The minimum absolute atomic E-state index is 0.118. The molecule has 0 aliphatic heterocycles. The van der Waals surface area contributed by atoms with Crippen molar-refractivity contribution in [3.63, 3.8) is 0 Å². The standard InChI is InChI=1S/C29H31N3O3/c1-3-10-28-26(27(30-31(28)4-2)21-35-20-23-11-6-5-7-12-23)19-22-15-17-24(18-16-22)25-13-8-9-14-29(25)32(33)34/h5-9,11-18H,3-4,10,19-21H2,1-2H3. The minimum Gasteiger partial charge on any atom is -0.370 e. The highest BCUT2D eigenvalue weighted by atomic mass is 16.6. The fourth-order valence-corrected chi connectivity index (χ4v) is 4.41. The summed E-state index contributed by atoms with van der Waals surface area (Å²) in [5.41, 5.74) is 7.33. The Morgan fingerprint density at radius 1 is 0.886 bits per heavy atom. The van der Waals surface area contributed by atoms with E-state index in [1.54, 1.807) is 18.2 Å². The maximum atomic E-state index is 11.4. The summed E-state index contributed by atoms with van der Waals surface area (Å²) < 4.78 is 8.15. The lowest BCUT2D eigenvalue weighted by Crippen LogP contribution is -2.04. The van der Waals surface area contributed by atoms with Crippen molar-refractivity contribution in [2.75, 3.05) is 0 Å². The van der Waals surface area contributed by atoms with Gasteiger partial charge in [-0.05, 0) is 36.1 Å². The van der Waals surface area contributed by atoms with Crippen molar-refractivity contribution < 1.29 is 9.66 Å². The van der Waals surface area contributed by atoms with Crippen molar-refractivity contribution in [3.8, 4) is 11.1 Å². The number of para-hydroxylation sites is 1. The highest BCUT2D eigenvalue weighted by molar-refractivity contribution is 5.73. The molecule has 1 heterocycles. The summed E-state index contributed by atoms with van der Waals surface area (Å²) in [6.45, 7) is 6.13. The topological polar surface area (TPSA) is 70.2 Å². The predicted molar refractivity (Wildman–Crippen MR) is 138 cm³/mol. The third-order valence-electron chi connectivity index (χ3n) is 6.13. The van der Waals surface area contributed by atoms with E-state index in [0.717, 1.165) is 48.2 Å². The Balaban J connectivity index is 1.57. The number of aryl methyl sites for hydroxylation is 1. The van der Waals surface area contributed by atoms with Crippen molar-refractivity contribution in [3.05, 3.63) is 117 Å². The lowest BCUT2D eigenvalue weighted by Gasteiger charge is -2.10. The molecule has 6 heteroatoms. The number of hydrogen-bond donors (Lipinski definition) is 0. The molecule has 0 aliphatic carbocycles. The summed E-state index contributed by atoms with van der Waals surface area (Å²) in [6, 6.07) is 25.1. The van der Waals surface area contributed by atoms with Gasteiger partial charge in [-0.15, -0.1) is 0 Å². The summed E-state index contributed by atoms with van der Waals surface area (Å²) in [4.78, 5) is 11.1. The van der Waals surface area contributed by atoms with Gasteiger partial charge in [0.1, 0.15) is 0 Å². The molecule has 1 aromatic heterocycles. The molecule has 6 nitrogen and oxygen atoms in total. The number of benzene rings is 3. The van der Waals surface area contributed by atoms with Crippen molar-refractivity contribution in [1.82, 2.24) is 9.78 Å². The van der Waals surface area contributed by atoms with Gasteiger partial charge in [-0.1, -0.05) is 80.1 Å². The van der Waals surface area contributed by atoms with Gasteiger partial charge in [-0.2, -0.15) is 5.10 Å². The smallest absolute Gasteiger partial charge is 0.277 e. The number of hydrogen-bond acceptors (Lipinski definition) is 4. The molecule has 0 amide bonds. The second kappa shape index (κ2) is 11.6. The van der Waals surface area contributed by atoms with Gasteiger partial charge in [0.05, 0.1) is 29.4 Å². The Bertz CT molecular complexity index is 1260. The number of nitro groups is 1. The van der Waals surface area contributed by atoms with Crippen LogP contribution in [0.2, 0.25) is 0 Å². The van der Waals surface area contributed by atoms with E-state index in [2.05, 4.69) is 42.8 Å². The first-order valence-corrected chi connectivity index (χ1v) is 12.1. The number of nitro benzene ring substituents is 1. The first kappa shape index (κ1) is 24.4. The molecule has 180 valence electrons. The zero-order chi connectivity index (χ0) is 24.6.